The Morgan fingerprint density at radius 1 is 1.35 bits per heavy atom. The molecule has 0 aliphatic heterocycles. The van der Waals surface area contributed by atoms with Crippen molar-refractivity contribution in [2.24, 2.45) is 0 Å². The molecule has 0 saturated heterocycles. The Morgan fingerprint density at radius 3 is 2.91 bits per heavy atom. The average molecular weight is 339 g/mol. The summed E-state index contributed by atoms with van der Waals surface area (Å²) in [6.07, 6.45) is 1.77. The van der Waals surface area contributed by atoms with Gasteiger partial charge < -0.3 is 14.8 Å². The number of methoxy groups -OCH3 is 1. The van der Waals surface area contributed by atoms with Crippen LogP contribution in [0, 0.1) is 5.82 Å². The van der Waals surface area contributed by atoms with E-state index in [-0.39, 0.29) is 24.0 Å². The highest BCUT2D eigenvalue weighted by Gasteiger charge is 2.06. The number of halogens is 2. The number of aromatic nitrogens is 1. The van der Waals surface area contributed by atoms with E-state index in [9.17, 15) is 9.18 Å². The maximum atomic E-state index is 12.9. The average Bonchev–Trinajstić information content (AvgIpc) is 2.55. The molecule has 0 aliphatic carbocycles. The number of pyridine rings is 1. The standard InChI is InChI=1S/C16H16ClFN2O3/c1-22-16-8-11(4-6-19-16)10-20-15(21)5-7-23-14-3-2-12(18)9-13(14)17/h2-4,6,8-9H,5,7,10H2,1H3,(H,20,21). The lowest BCUT2D eigenvalue weighted by Gasteiger charge is -2.09. The largest absolute Gasteiger partial charge is 0.491 e. The van der Waals surface area contributed by atoms with Crippen LogP contribution in [0.15, 0.2) is 36.5 Å². The molecule has 0 fully saturated rings. The Bertz CT molecular complexity index is 682. The Morgan fingerprint density at radius 2 is 2.17 bits per heavy atom. The van der Waals surface area contributed by atoms with Crippen LogP contribution >= 0.6 is 11.6 Å². The van der Waals surface area contributed by atoms with Crippen LogP contribution in [0.5, 0.6) is 11.6 Å². The Hall–Kier alpha value is -2.34. The van der Waals surface area contributed by atoms with Crippen LogP contribution in [-0.4, -0.2) is 24.6 Å². The zero-order valence-corrected chi connectivity index (χ0v) is 13.3. The molecule has 0 aliphatic rings. The minimum atomic E-state index is -0.437. The Labute approximate surface area is 138 Å². The van der Waals surface area contributed by atoms with Gasteiger partial charge in [-0.3, -0.25) is 4.79 Å². The summed E-state index contributed by atoms with van der Waals surface area (Å²) in [4.78, 5) is 15.8. The minimum absolute atomic E-state index is 0.150. The fourth-order valence-electron chi connectivity index (χ4n) is 1.81. The van der Waals surface area contributed by atoms with Gasteiger partial charge in [-0.2, -0.15) is 0 Å². The molecule has 122 valence electrons. The van der Waals surface area contributed by atoms with Crippen LogP contribution in [-0.2, 0) is 11.3 Å². The van der Waals surface area contributed by atoms with Gasteiger partial charge in [-0.05, 0) is 29.8 Å². The van der Waals surface area contributed by atoms with Gasteiger partial charge in [0.15, 0.2) is 0 Å². The molecule has 2 aromatic rings. The number of amides is 1. The van der Waals surface area contributed by atoms with E-state index in [1.807, 2.05) is 0 Å². The number of rotatable bonds is 7. The fourth-order valence-corrected chi connectivity index (χ4v) is 2.03. The van der Waals surface area contributed by atoms with Gasteiger partial charge >= 0.3 is 0 Å². The van der Waals surface area contributed by atoms with Gasteiger partial charge in [0.1, 0.15) is 11.6 Å². The maximum Gasteiger partial charge on any atom is 0.223 e. The normalized spacial score (nSPS) is 10.2. The SMILES string of the molecule is COc1cc(CNC(=O)CCOc2ccc(F)cc2Cl)ccn1. The second-order valence-electron chi connectivity index (χ2n) is 4.66. The molecule has 0 saturated carbocycles. The first-order valence-electron chi connectivity index (χ1n) is 6.92. The zero-order valence-electron chi connectivity index (χ0n) is 12.5. The molecule has 5 nitrogen and oxygen atoms in total. The minimum Gasteiger partial charge on any atom is -0.491 e. The smallest absolute Gasteiger partial charge is 0.223 e. The van der Waals surface area contributed by atoms with Crippen molar-refractivity contribution in [2.45, 2.75) is 13.0 Å². The molecule has 2 rings (SSSR count). The molecule has 0 spiro atoms. The first-order chi connectivity index (χ1) is 11.1. The number of ether oxygens (including phenoxy) is 2. The number of benzene rings is 1. The summed E-state index contributed by atoms with van der Waals surface area (Å²) in [5, 5.41) is 2.94. The van der Waals surface area contributed by atoms with Crippen molar-refractivity contribution in [2.75, 3.05) is 13.7 Å². The number of nitrogens with one attached hydrogen (secondary N) is 1. The van der Waals surface area contributed by atoms with E-state index in [1.54, 1.807) is 18.3 Å². The van der Waals surface area contributed by atoms with Crippen molar-refractivity contribution in [3.8, 4) is 11.6 Å². The van der Waals surface area contributed by atoms with Gasteiger partial charge in [0.05, 0.1) is 25.2 Å². The summed E-state index contributed by atoms with van der Waals surface area (Å²) in [6, 6.07) is 7.37. The first kappa shape index (κ1) is 17.0. The highest BCUT2D eigenvalue weighted by molar-refractivity contribution is 6.32. The molecule has 1 aromatic carbocycles. The maximum absolute atomic E-state index is 12.9. The third kappa shape index (κ3) is 5.41. The predicted molar refractivity (Wildman–Crippen MR) is 84.2 cm³/mol. The van der Waals surface area contributed by atoms with Crippen LogP contribution in [0.4, 0.5) is 4.39 Å². The lowest BCUT2D eigenvalue weighted by atomic mass is 10.2. The van der Waals surface area contributed by atoms with Crippen molar-refractivity contribution < 1.29 is 18.7 Å². The van der Waals surface area contributed by atoms with E-state index in [0.717, 1.165) is 11.6 Å². The first-order valence-corrected chi connectivity index (χ1v) is 7.30. The lowest BCUT2D eigenvalue weighted by molar-refractivity contribution is -0.121. The second-order valence-corrected chi connectivity index (χ2v) is 5.06. The van der Waals surface area contributed by atoms with E-state index in [0.29, 0.717) is 18.2 Å². The molecule has 0 bridgehead atoms. The van der Waals surface area contributed by atoms with Gasteiger partial charge in [-0.25, -0.2) is 9.37 Å². The molecule has 0 unspecified atom stereocenters. The fraction of sp³-hybridized carbons (Fsp3) is 0.250. The number of carbonyl (C=O) groups excluding carboxylic acids is 1. The lowest BCUT2D eigenvalue weighted by Crippen LogP contribution is -2.24. The molecule has 7 heteroatoms. The van der Waals surface area contributed by atoms with Crippen molar-refractivity contribution in [1.29, 1.82) is 0 Å². The van der Waals surface area contributed by atoms with Gasteiger partial charge in [-0.15, -0.1) is 0 Å². The van der Waals surface area contributed by atoms with E-state index < -0.39 is 5.82 Å². The van der Waals surface area contributed by atoms with Crippen LogP contribution in [0.1, 0.15) is 12.0 Å². The zero-order chi connectivity index (χ0) is 16.7. The van der Waals surface area contributed by atoms with Crippen LogP contribution in [0.3, 0.4) is 0 Å². The van der Waals surface area contributed by atoms with E-state index in [2.05, 4.69) is 10.3 Å². The number of nitrogens with zero attached hydrogens (tertiary/aromatic N) is 1. The molecule has 23 heavy (non-hydrogen) atoms. The van der Waals surface area contributed by atoms with Gasteiger partial charge in [0.25, 0.3) is 0 Å². The van der Waals surface area contributed by atoms with Gasteiger partial charge in [-0.1, -0.05) is 11.6 Å². The molecule has 1 heterocycles. The predicted octanol–water partition coefficient (Wildman–Crippen LogP) is 2.97. The highest BCUT2D eigenvalue weighted by atomic mass is 35.5. The molecular weight excluding hydrogens is 323 g/mol. The molecule has 1 N–H and O–H groups in total. The van der Waals surface area contributed by atoms with Crippen molar-refractivity contribution in [1.82, 2.24) is 10.3 Å². The summed E-state index contributed by atoms with van der Waals surface area (Å²) in [6.45, 7) is 0.520. The quantitative estimate of drug-likeness (QED) is 0.843. The Kier molecular flexibility index (Phi) is 6.17. The highest BCUT2D eigenvalue weighted by Crippen LogP contribution is 2.24. The van der Waals surface area contributed by atoms with Crippen LogP contribution in [0.2, 0.25) is 5.02 Å². The summed E-state index contributed by atoms with van der Waals surface area (Å²) in [5.74, 6) is 0.234. The molecular formula is C16H16ClFN2O3. The van der Waals surface area contributed by atoms with E-state index >= 15 is 0 Å². The van der Waals surface area contributed by atoms with Crippen molar-refractivity contribution in [3.63, 3.8) is 0 Å². The summed E-state index contributed by atoms with van der Waals surface area (Å²) >= 11 is 5.83. The third-order valence-corrected chi connectivity index (χ3v) is 3.27. The molecule has 0 radical (unpaired) electrons. The van der Waals surface area contributed by atoms with Gasteiger partial charge in [0.2, 0.25) is 11.8 Å². The monoisotopic (exact) mass is 338 g/mol. The number of hydrogen-bond donors (Lipinski definition) is 1. The molecule has 1 amide bonds. The van der Waals surface area contributed by atoms with Crippen LogP contribution in [0.25, 0.3) is 0 Å². The third-order valence-electron chi connectivity index (χ3n) is 2.98. The molecule has 1 aromatic heterocycles. The second kappa shape index (κ2) is 8.33. The van der Waals surface area contributed by atoms with E-state index in [4.69, 9.17) is 21.1 Å². The van der Waals surface area contributed by atoms with Gasteiger partial charge in [0, 0.05) is 18.8 Å². The summed E-state index contributed by atoms with van der Waals surface area (Å²) in [5.41, 5.74) is 0.882. The summed E-state index contributed by atoms with van der Waals surface area (Å²) in [7, 11) is 1.53. The Balaban J connectivity index is 1.74. The number of hydrogen-bond acceptors (Lipinski definition) is 4. The van der Waals surface area contributed by atoms with Crippen LogP contribution < -0.4 is 14.8 Å². The molecule has 0 atom stereocenters. The van der Waals surface area contributed by atoms with Crippen molar-refractivity contribution >= 4 is 17.5 Å². The summed E-state index contributed by atoms with van der Waals surface area (Å²) < 4.78 is 23.3. The number of carbonyl (C=O) groups is 1. The van der Waals surface area contributed by atoms with E-state index in [1.165, 1.54) is 19.2 Å². The topological polar surface area (TPSA) is 60.5 Å². The van der Waals surface area contributed by atoms with Crippen molar-refractivity contribution in [3.05, 3.63) is 52.9 Å².